The van der Waals surface area contributed by atoms with Crippen LogP contribution < -0.4 is 10.5 Å². The number of benzene rings is 1. The van der Waals surface area contributed by atoms with E-state index in [1.165, 1.54) is 0 Å². The van der Waals surface area contributed by atoms with Crippen molar-refractivity contribution < 1.29 is 13.9 Å². The lowest BCUT2D eigenvalue weighted by Crippen LogP contribution is -2.26. The molecule has 1 aliphatic rings. The fourth-order valence-electron chi connectivity index (χ4n) is 2.30. The Kier molecular flexibility index (Phi) is 5.95. The highest BCUT2D eigenvalue weighted by Gasteiger charge is 2.27. The molecule has 0 aromatic heterocycles. The van der Waals surface area contributed by atoms with E-state index >= 15 is 0 Å². The normalized spacial score (nSPS) is 14.8. The molecule has 1 aliphatic carbocycles. The van der Waals surface area contributed by atoms with Crippen molar-refractivity contribution >= 4 is 6.41 Å². The zero-order valence-electron chi connectivity index (χ0n) is 12.9. The van der Waals surface area contributed by atoms with Crippen molar-refractivity contribution in [2.45, 2.75) is 32.2 Å². The molecule has 2 rings (SSSR count). The maximum Gasteiger partial charge on any atom is 0.209 e. The second kappa shape index (κ2) is 7.94. The molecule has 0 saturated heterocycles. The topological polar surface area (TPSA) is 55.6 Å². The molecule has 0 aliphatic heterocycles. The lowest BCUT2D eigenvalue weighted by molar-refractivity contribution is -0.118. The van der Waals surface area contributed by atoms with Gasteiger partial charge in [-0.1, -0.05) is 6.07 Å². The molecule has 1 aromatic rings. The number of carbonyl (C=O) groups excluding carboxylic acids is 1. The van der Waals surface area contributed by atoms with Crippen LogP contribution in [0.3, 0.4) is 0 Å². The van der Waals surface area contributed by atoms with Gasteiger partial charge in [0.25, 0.3) is 0 Å². The Hall–Kier alpha value is -1.88. The number of rotatable bonds is 9. The quantitative estimate of drug-likeness (QED) is 0.713. The summed E-state index contributed by atoms with van der Waals surface area (Å²) in [6.07, 6.45) is 4.44. The third-order valence-electron chi connectivity index (χ3n) is 3.95. The van der Waals surface area contributed by atoms with E-state index in [1.54, 1.807) is 0 Å². The number of hydrogen-bond acceptors (Lipinski definition) is 3. The number of ether oxygens (including phenoxy) is 1. The molecule has 2 N–H and O–H groups in total. The van der Waals surface area contributed by atoms with Crippen LogP contribution in [0, 0.1) is 6.92 Å². The molecule has 22 heavy (non-hydrogen) atoms. The summed E-state index contributed by atoms with van der Waals surface area (Å²) >= 11 is 0. The molecule has 4 nitrogen and oxygen atoms in total. The highest BCUT2D eigenvalue weighted by molar-refractivity contribution is 5.48. The molecular weight excluding hydrogens is 283 g/mol. The molecule has 1 amide bonds. The Bertz CT molecular complexity index is 541. The first-order valence-electron chi connectivity index (χ1n) is 7.59. The van der Waals surface area contributed by atoms with Gasteiger partial charge >= 0.3 is 0 Å². The fraction of sp³-hybridized carbons (Fsp3) is 0.471. The zero-order chi connectivity index (χ0) is 15.9. The van der Waals surface area contributed by atoms with Gasteiger partial charge in [0.1, 0.15) is 12.4 Å². The van der Waals surface area contributed by atoms with Crippen LogP contribution in [-0.4, -0.2) is 37.0 Å². The fourth-order valence-corrected chi connectivity index (χ4v) is 2.30. The van der Waals surface area contributed by atoms with E-state index in [4.69, 9.17) is 10.5 Å². The molecule has 120 valence electrons. The number of halogens is 1. The lowest BCUT2D eigenvalue weighted by atomic mass is 10.1. The van der Waals surface area contributed by atoms with Gasteiger partial charge in [0.15, 0.2) is 0 Å². The van der Waals surface area contributed by atoms with Crippen LogP contribution in [0.2, 0.25) is 0 Å². The third-order valence-corrected chi connectivity index (χ3v) is 3.95. The minimum absolute atomic E-state index is 0.144. The summed E-state index contributed by atoms with van der Waals surface area (Å²) in [7, 11) is 0. The van der Waals surface area contributed by atoms with E-state index < -0.39 is 0 Å². The summed E-state index contributed by atoms with van der Waals surface area (Å²) in [5.74, 6) is 0.692. The second-order valence-corrected chi connectivity index (χ2v) is 5.67. The molecule has 0 spiro atoms. The summed E-state index contributed by atoms with van der Waals surface area (Å²) < 4.78 is 18.0. The largest absolute Gasteiger partial charge is 0.489 e. The van der Waals surface area contributed by atoms with Crippen LogP contribution in [0.25, 0.3) is 0 Å². The van der Waals surface area contributed by atoms with E-state index in [0.717, 1.165) is 43.3 Å². The van der Waals surface area contributed by atoms with Gasteiger partial charge in [0.05, 0.1) is 6.33 Å². The Morgan fingerprint density at radius 3 is 2.86 bits per heavy atom. The van der Waals surface area contributed by atoms with E-state index in [-0.39, 0.29) is 13.2 Å². The van der Waals surface area contributed by atoms with Crippen molar-refractivity contribution in [1.82, 2.24) is 4.90 Å². The molecular formula is C17H23FN2O2. The molecule has 0 radical (unpaired) electrons. The summed E-state index contributed by atoms with van der Waals surface area (Å²) in [6.45, 7) is 3.05. The number of nitrogens with two attached hydrogens (primary N) is 1. The Balaban J connectivity index is 1.95. The van der Waals surface area contributed by atoms with Crippen LogP contribution in [0.4, 0.5) is 4.39 Å². The van der Waals surface area contributed by atoms with Gasteiger partial charge in [-0.3, -0.25) is 4.79 Å². The lowest BCUT2D eigenvalue weighted by Gasteiger charge is -2.17. The minimum atomic E-state index is 0.144. The number of carbonyl (C=O) groups is 1. The number of hydrogen-bond donors (Lipinski definition) is 1. The summed E-state index contributed by atoms with van der Waals surface area (Å²) in [5.41, 5.74) is 8.13. The predicted octanol–water partition coefficient (Wildman–Crippen LogP) is 2.35. The van der Waals surface area contributed by atoms with Crippen LogP contribution in [-0.2, 0) is 11.2 Å². The summed E-state index contributed by atoms with van der Waals surface area (Å²) in [4.78, 5) is 12.9. The first-order valence-corrected chi connectivity index (χ1v) is 7.59. The Morgan fingerprint density at radius 2 is 2.27 bits per heavy atom. The standard InChI is InChI=1S/C17H23FN2O2/c1-13-2-5-17(22-11-14(9-18)10-19)8-15(13)6-7-20(12-21)16-3-4-16/h2,5,8-9,12,16H,3-4,6-7,10-11,19H2,1H3/b14-9-. The highest BCUT2D eigenvalue weighted by Crippen LogP contribution is 2.26. The average Bonchev–Trinajstić information content (AvgIpc) is 3.36. The van der Waals surface area contributed by atoms with Gasteiger partial charge in [-0.25, -0.2) is 4.39 Å². The highest BCUT2D eigenvalue weighted by atomic mass is 19.1. The van der Waals surface area contributed by atoms with Crippen LogP contribution >= 0.6 is 0 Å². The van der Waals surface area contributed by atoms with Crippen LogP contribution in [0.15, 0.2) is 30.1 Å². The summed E-state index contributed by atoms with van der Waals surface area (Å²) in [5, 5.41) is 0. The van der Waals surface area contributed by atoms with Gasteiger partial charge in [-0.15, -0.1) is 0 Å². The van der Waals surface area contributed by atoms with Gasteiger partial charge in [-0.2, -0.15) is 0 Å². The van der Waals surface area contributed by atoms with Crippen molar-refractivity contribution in [1.29, 1.82) is 0 Å². The van der Waals surface area contributed by atoms with Crippen molar-refractivity contribution in [3.8, 4) is 5.75 Å². The molecule has 0 atom stereocenters. The Morgan fingerprint density at radius 1 is 1.50 bits per heavy atom. The molecule has 1 aromatic carbocycles. The molecule has 0 unspecified atom stereocenters. The first-order chi connectivity index (χ1) is 10.7. The first kappa shape index (κ1) is 16.5. The smallest absolute Gasteiger partial charge is 0.209 e. The van der Waals surface area contributed by atoms with E-state index in [0.29, 0.717) is 23.7 Å². The Labute approximate surface area is 130 Å². The molecule has 0 heterocycles. The average molecular weight is 306 g/mol. The van der Waals surface area contributed by atoms with E-state index in [9.17, 15) is 9.18 Å². The van der Waals surface area contributed by atoms with Gasteiger partial charge in [0.2, 0.25) is 6.41 Å². The monoisotopic (exact) mass is 306 g/mol. The van der Waals surface area contributed by atoms with Gasteiger partial charge in [0, 0.05) is 24.7 Å². The van der Waals surface area contributed by atoms with Gasteiger partial charge in [-0.05, 0) is 49.4 Å². The second-order valence-electron chi connectivity index (χ2n) is 5.67. The summed E-state index contributed by atoms with van der Waals surface area (Å²) in [6, 6.07) is 6.23. The van der Waals surface area contributed by atoms with Crippen molar-refractivity contribution in [2.75, 3.05) is 19.7 Å². The predicted molar refractivity (Wildman–Crippen MR) is 84.4 cm³/mol. The van der Waals surface area contributed by atoms with Crippen molar-refractivity contribution in [3.63, 3.8) is 0 Å². The van der Waals surface area contributed by atoms with Crippen molar-refractivity contribution in [2.24, 2.45) is 5.73 Å². The number of nitrogens with zero attached hydrogens (tertiary/aromatic N) is 1. The van der Waals surface area contributed by atoms with E-state index in [1.807, 2.05) is 30.0 Å². The molecule has 1 saturated carbocycles. The molecule has 1 fully saturated rings. The van der Waals surface area contributed by atoms with Gasteiger partial charge < -0.3 is 15.4 Å². The van der Waals surface area contributed by atoms with Crippen LogP contribution in [0.5, 0.6) is 5.75 Å². The zero-order valence-corrected chi connectivity index (χ0v) is 12.9. The number of aryl methyl sites for hydroxylation is 1. The maximum atomic E-state index is 12.5. The third kappa shape index (κ3) is 4.56. The van der Waals surface area contributed by atoms with Crippen molar-refractivity contribution in [3.05, 3.63) is 41.2 Å². The molecule has 0 bridgehead atoms. The number of amides is 1. The SMILES string of the molecule is Cc1ccc(OC/C(=C\F)CN)cc1CCN(C=O)C1CC1. The molecule has 5 heteroatoms. The minimum Gasteiger partial charge on any atom is -0.489 e. The maximum absolute atomic E-state index is 12.5. The van der Waals surface area contributed by atoms with E-state index in [2.05, 4.69) is 0 Å². The van der Waals surface area contributed by atoms with Crippen LogP contribution in [0.1, 0.15) is 24.0 Å².